The normalized spacial score (nSPS) is 27.3. The van der Waals surface area contributed by atoms with Crippen LogP contribution in [-0.4, -0.2) is 44.0 Å². The summed E-state index contributed by atoms with van der Waals surface area (Å²) in [6, 6.07) is 15.7. The molecule has 3 aliphatic heterocycles. The van der Waals surface area contributed by atoms with E-state index in [1.807, 2.05) is 0 Å². The van der Waals surface area contributed by atoms with Gasteiger partial charge in [-0.25, -0.2) is 9.97 Å². The van der Waals surface area contributed by atoms with Gasteiger partial charge in [0.05, 0.1) is 34.2 Å². The average molecular weight is 484 g/mol. The summed E-state index contributed by atoms with van der Waals surface area (Å²) in [6.07, 6.45) is 7.11. The zero-order valence-electron chi connectivity index (χ0n) is 21.3. The molecule has 0 amide bonds. The zero-order chi connectivity index (χ0) is 24.2. The number of H-pyrrole nitrogens is 2. The molecule has 0 aliphatic carbocycles. The summed E-state index contributed by atoms with van der Waals surface area (Å²) in [5.74, 6) is 2.18. The Hall–Kier alpha value is -2.74. The van der Waals surface area contributed by atoms with Gasteiger partial charge in [-0.05, 0) is 101 Å². The van der Waals surface area contributed by atoms with Gasteiger partial charge in [-0.15, -0.1) is 0 Å². The van der Waals surface area contributed by atoms with Crippen LogP contribution in [0.15, 0.2) is 36.4 Å². The van der Waals surface area contributed by atoms with Crippen LogP contribution in [0.2, 0.25) is 0 Å². The quantitative estimate of drug-likeness (QED) is 0.298. The van der Waals surface area contributed by atoms with Crippen LogP contribution < -0.4 is 10.6 Å². The van der Waals surface area contributed by atoms with Crippen LogP contribution >= 0.6 is 0 Å². The molecular weight excluding hydrogens is 446 g/mol. The molecule has 0 bridgehead atoms. The minimum atomic E-state index is 0.367. The van der Waals surface area contributed by atoms with E-state index in [2.05, 4.69) is 75.7 Å². The summed E-state index contributed by atoms with van der Waals surface area (Å²) >= 11 is 0. The average Bonchev–Trinajstić information content (AvgIpc) is 3.72. The molecule has 7 nitrogen and oxygen atoms in total. The van der Waals surface area contributed by atoms with Crippen molar-refractivity contribution in [1.29, 1.82) is 0 Å². The van der Waals surface area contributed by atoms with Crippen molar-refractivity contribution in [2.75, 3.05) is 13.1 Å². The van der Waals surface area contributed by atoms with Crippen molar-refractivity contribution < 1.29 is 0 Å². The van der Waals surface area contributed by atoms with Crippen molar-refractivity contribution in [3.63, 3.8) is 0 Å². The number of hydrogen-bond acceptors (Lipinski definition) is 5. The van der Waals surface area contributed by atoms with E-state index in [0.29, 0.717) is 30.2 Å². The second-order valence-corrected chi connectivity index (χ2v) is 11.2. The Kier molecular flexibility index (Phi) is 5.60. The largest absolute Gasteiger partial charge is 0.341 e. The molecule has 188 valence electrons. The van der Waals surface area contributed by atoms with Gasteiger partial charge in [0.2, 0.25) is 0 Å². The third kappa shape index (κ3) is 3.85. The van der Waals surface area contributed by atoms with E-state index < -0.39 is 0 Å². The van der Waals surface area contributed by atoms with Crippen LogP contribution in [0, 0.1) is 0 Å². The van der Waals surface area contributed by atoms with Crippen LogP contribution in [0.4, 0.5) is 0 Å². The Morgan fingerprint density at radius 3 is 1.64 bits per heavy atom. The molecule has 4 unspecified atom stereocenters. The number of nitrogens with zero attached hydrogens (tertiary/aromatic N) is 3. The second-order valence-electron chi connectivity index (χ2n) is 11.2. The summed E-state index contributed by atoms with van der Waals surface area (Å²) in [7, 11) is 0. The lowest BCUT2D eigenvalue weighted by Gasteiger charge is -2.34. The van der Waals surface area contributed by atoms with E-state index in [1.54, 1.807) is 0 Å². The molecule has 7 heteroatoms. The van der Waals surface area contributed by atoms with Crippen LogP contribution in [0.1, 0.15) is 99.3 Å². The lowest BCUT2D eigenvalue weighted by Crippen LogP contribution is -2.32. The molecule has 5 heterocycles. The molecule has 2 aromatic carbocycles. The molecule has 3 aliphatic rings. The SMILES string of the molecule is CC(C)N1C(c2ccc3nc(C4CCCN4)[nH]c3c2)CCC1c1ccc2nc(C3CCCN3)[nH]c2c1. The first-order valence-corrected chi connectivity index (χ1v) is 13.9. The fraction of sp³-hybridized carbons (Fsp3) is 0.517. The van der Waals surface area contributed by atoms with Gasteiger partial charge in [-0.2, -0.15) is 0 Å². The number of imidazole rings is 2. The van der Waals surface area contributed by atoms with Crippen molar-refractivity contribution in [2.24, 2.45) is 0 Å². The lowest BCUT2D eigenvalue weighted by molar-refractivity contribution is 0.149. The Morgan fingerprint density at radius 2 is 1.22 bits per heavy atom. The molecule has 4 aromatic rings. The fourth-order valence-electron chi connectivity index (χ4n) is 6.90. The van der Waals surface area contributed by atoms with Crippen LogP contribution in [-0.2, 0) is 0 Å². The Bertz CT molecular complexity index is 1270. The molecule has 36 heavy (non-hydrogen) atoms. The smallest absolute Gasteiger partial charge is 0.124 e. The van der Waals surface area contributed by atoms with Gasteiger partial charge in [0.1, 0.15) is 11.6 Å². The topological polar surface area (TPSA) is 84.7 Å². The molecule has 3 saturated heterocycles. The molecule has 0 spiro atoms. The predicted molar refractivity (Wildman–Crippen MR) is 144 cm³/mol. The number of nitrogens with one attached hydrogen (secondary N) is 4. The predicted octanol–water partition coefficient (Wildman–Crippen LogP) is 5.57. The van der Waals surface area contributed by atoms with E-state index >= 15 is 0 Å². The van der Waals surface area contributed by atoms with E-state index in [-0.39, 0.29) is 0 Å². The number of hydrogen-bond donors (Lipinski definition) is 4. The third-order valence-corrected chi connectivity index (χ3v) is 8.63. The number of likely N-dealkylation sites (tertiary alicyclic amines) is 1. The lowest BCUT2D eigenvalue weighted by atomic mass is 10.0. The number of rotatable bonds is 5. The second kappa shape index (κ2) is 8.98. The Morgan fingerprint density at radius 1 is 0.722 bits per heavy atom. The standard InChI is InChI=1S/C29H37N7/c1-17(2)36-26(18-7-9-20-24(15-18)34-28(32-20)22-5-3-13-30-22)11-12-27(36)19-8-10-21-25(16-19)35-29(33-21)23-6-4-14-31-23/h7-10,15-17,22-23,26-27,30-31H,3-6,11-14H2,1-2H3,(H,32,34)(H,33,35). The van der Waals surface area contributed by atoms with Crippen LogP contribution in [0.5, 0.6) is 0 Å². The van der Waals surface area contributed by atoms with Gasteiger partial charge >= 0.3 is 0 Å². The van der Waals surface area contributed by atoms with Crippen molar-refractivity contribution >= 4 is 22.1 Å². The summed E-state index contributed by atoms with van der Waals surface area (Å²) < 4.78 is 0. The highest BCUT2D eigenvalue weighted by Crippen LogP contribution is 2.46. The highest BCUT2D eigenvalue weighted by Gasteiger charge is 2.37. The highest BCUT2D eigenvalue weighted by atomic mass is 15.2. The van der Waals surface area contributed by atoms with E-state index in [9.17, 15) is 0 Å². The van der Waals surface area contributed by atoms with Gasteiger partial charge < -0.3 is 20.6 Å². The van der Waals surface area contributed by atoms with Crippen LogP contribution in [0.3, 0.4) is 0 Å². The van der Waals surface area contributed by atoms with Gasteiger partial charge in [0, 0.05) is 18.1 Å². The number of aromatic amines is 2. The van der Waals surface area contributed by atoms with Crippen molar-refractivity contribution in [1.82, 2.24) is 35.5 Å². The van der Waals surface area contributed by atoms with Gasteiger partial charge in [-0.1, -0.05) is 12.1 Å². The third-order valence-electron chi connectivity index (χ3n) is 8.63. The maximum absolute atomic E-state index is 4.89. The van der Waals surface area contributed by atoms with Gasteiger partial charge in [0.15, 0.2) is 0 Å². The molecule has 3 fully saturated rings. The summed E-state index contributed by atoms with van der Waals surface area (Å²) in [5, 5.41) is 7.13. The van der Waals surface area contributed by atoms with Crippen molar-refractivity contribution in [3.8, 4) is 0 Å². The minimum absolute atomic E-state index is 0.367. The highest BCUT2D eigenvalue weighted by molar-refractivity contribution is 5.77. The molecule has 4 atom stereocenters. The van der Waals surface area contributed by atoms with E-state index in [4.69, 9.17) is 9.97 Å². The fourth-order valence-corrected chi connectivity index (χ4v) is 6.90. The molecule has 4 N–H and O–H groups in total. The van der Waals surface area contributed by atoms with E-state index in [0.717, 1.165) is 72.5 Å². The van der Waals surface area contributed by atoms with Gasteiger partial charge in [0.25, 0.3) is 0 Å². The maximum Gasteiger partial charge on any atom is 0.124 e. The maximum atomic E-state index is 4.89. The summed E-state index contributed by atoms with van der Waals surface area (Å²) in [6.45, 7) is 6.84. The van der Waals surface area contributed by atoms with Crippen molar-refractivity contribution in [3.05, 3.63) is 59.2 Å². The molecule has 0 radical (unpaired) electrons. The monoisotopic (exact) mass is 483 g/mol. The number of aromatic nitrogens is 4. The number of benzene rings is 2. The van der Waals surface area contributed by atoms with Crippen LogP contribution in [0.25, 0.3) is 22.1 Å². The first-order valence-electron chi connectivity index (χ1n) is 13.9. The van der Waals surface area contributed by atoms with Gasteiger partial charge in [-0.3, -0.25) is 4.90 Å². The summed E-state index contributed by atoms with van der Waals surface area (Å²) in [5.41, 5.74) is 7.26. The molecular formula is C29H37N7. The van der Waals surface area contributed by atoms with Crippen molar-refractivity contribution in [2.45, 2.75) is 82.6 Å². The molecule has 0 saturated carbocycles. The zero-order valence-corrected chi connectivity index (χ0v) is 21.3. The first-order chi connectivity index (χ1) is 17.6. The molecule has 2 aromatic heterocycles. The first kappa shape index (κ1) is 22.5. The summed E-state index contributed by atoms with van der Waals surface area (Å²) in [4.78, 5) is 19.8. The Balaban J connectivity index is 1.18. The van der Waals surface area contributed by atoms with E-state index in [1.165, 1.54) is 24.0 Å². The Labute approximate surface area is 212 Å². The molecule has 7 rings (SSSR count). The minimum Gasteiger partial charge on any atom is -0.341 e. The number of fused-ring (bicyclic) bond motifs is 2.